The van der Waals surface area contributed by atoms with Crippen LogP contribution in [0.5, 0.6) is 0 Å². The summed E-state index contributed by atoms with van der Waals surface area (Å²) in [4.78, 5) is 28.2. The fourth-order valence-corrected chi connectivity index (χ4v) is 4.48. The topological polar surface area (TPSA) is 72.9 Å². The van der Waals surface area contributed by atoms with Crippen molar-refractivity contribution in [1.29, 1.82) is 0 Å². The molecule has 0 aliphatic carbocycles. The summed E-state index contributed by atoms with van der Waals surface area (Å²) >= 11 is 0. The van der Waals surface area contributed by atoms with Crippen molar-refractivity contribution in [3.63, 3.8) is 0 Å². The molecule has 1 atom stereocenters. The van der Waals surface area contributed by atoms with Crippen molar-refractivity contribution in [3.8, 4) is 0 Å². The largest absolute Gasteiger partial charge is 0.392 e. The van der Waals surface area contributed by atoms with E-state index in [1.165, 1.54) is 6.92 Å². The van der Waals surface area contributed by atoms with Gasteiger partial charge in [-0.15, -0.1) is 0 Å². The molecule has 1 aromatic carbocycles. The number of benzene rings is 1. The lowest BCUT2D eigenvalue weighted by molar-refractivity contribution is -0.114. The van der Waals surface area contributed by atoms with Gasteiger partial charge in [0.05, 0.1) is 6.10 Å². The molecule has 6 heteroatoms. The van der Waals surface area contributed by atoms with Gasteiger partial charge in [0.1, 0.15) is 0 Å². The highest BCUT2D eigenvalue weighted by molar-refractivity contribution is 5.96. The summed E-state index contributed by atoms with van der Waals surface area (Å²) < 4.78 is 0. The SMILES string of the molecule is CC(=O)Nc1ccc(C(=O)N2CCC3(CC2)CC(O)CN(C)C3)cc1C. The van der Waals surface area contributed by atoms with Crippen LogP contribution < -0.4 is 5.32 Å². The third kappa shape index (κ3) is 4.07. The average Bonchev–Trinajstić information content (AvgIpc) is 2.55. The highest BCUT2D eigenvalue weighted by Gasteiger charge is 2.41. The minimum Gasteiger partial charge on any atom is -0.392 e. The van der Waals surface area contributed by atoms with Crippen LogP contribution in [-0.4, -0.2) is 66.1 Å². The number of carbonyl (C=O) groups excluding carboxylic acids is 2. The molecule has 6 nitrogen and oxygen atoms in total. The average molecular weight is 359 g/mol. The molecule has 2 amide bonds. The Labute approximate surface area is 155 Å². The number of anilines is 1. The number of aliphatic hydroxyl groups is 1. The molecule has 2 saturated heterocycles. The molecule has 142 valence electrons. The molecule has 0 bridgehead atoms. The lowest BCUT2D eigenvalue weighted by Crippen LogP contribution is -2.53. The van der Waals surface area contributed by atoms with Crippen LogP contribution in [0.1, 0.15) is 42.1 Å². The van der Waals surface area contributed by atoms with Gasteiger partial charge in [0, 0.05) is 44.4 Å². The Morgan fingerprint density at radius 2 is 1.96 bits per heavy atom. The first-order valence-electron chi connectivity index (χ1n) is 9.32. The molecule has 2 N–H and O–H groups in total. The van der Waals surface area contributed by atoms with Crippen LogP contribution in [0.2, 0.25) is 0 Å². The quantitative estimate of drug-likeness (QED) is 0.846. The molecule has 2 aliphatic rings. The molecule has 1 unspecified atom stereocenters. The monoisotopic (exact) mass is 359 g/mol. The van der Waals surface area contributed by atoms with E-state index in [0.29, 0.717) is 5.56 Å². The molecular formula is C20H29N3O3. The molecule has 0 radical (unpaired) electrons. The van der Waals surface area contributed by atoms with Crippen LogP contribution in [-0.2, 0) is 4.79 Å². The minimum absolute atomic E-state index is 0.0436. The first kappa shape index (κ1) is 18.9. The van der Waals surface area contributed by atoms with Crippen LogP contribution in [0, 0.1) is 12.3 Å². The number of likely N-dealkylation sites (N-methyl/N-ethyl adjacent to an activating group) is 1. The van der Waals surface area contributed by atoms with Crippen molar-refractivity contribution in [2.45, 2.75) is 39.2 Å². The van der Waals surface area contributed by atoms with Crippen LogP contribution in [0.4, 0.5) is 5.69 Å². The molecule has 26 heavy (non-hydrogen) atoms. The minimum atomic E-state index is -0.264. The van der Waals surface area contributed by atoms with Gasteiger partial charge in [-0.1, -0.05) is 0 Å². The van der Waals surface area contributed by atoms with E-state index in [2.05, 4.69) is 17.3 Å². The number of nitrogens with one attached hydrogen (secondary N) is 1. The number of aryl methyl sites for hydroxylation is 1. The first-order valence-corrected chi connectivity index (χ1v) is 9.32. The van der Waals surface area contributed by atoms with E-state index in [-0.39, 0.29) is 23.3 Å². The Bertz CT molecular complexity index is 684. The highest BCUT2D eigenvalue weighted by atomic mass is 16.3. The fourth-order valence-electron chi connectivity index (χ4n) is 4.48. The lowest BCUT2D eigenvalue weighted by Gasteiger charge is -2.48. The molecule has 1 aromatic rings. The standard InChI is InChI=1S/C20H29N3O3/c1-14-10-16(4-5-18(14)21-15(2)24)19(26)23-8-6-20(7-9-23)11-17(25)12-22(3)13-20/h4-5,10,17,25H,6-9,11-13H2,1-3H3,(H,21,24). The van der Waals surface area contributed by atoms with Crippen molar-refractivity contribution >= 4 is 17.5 Å². The van der Waals surface area contributed by atoms with E-state index in [9.17, 15) is 14.7 Å². The summed E-state index contributed by atoms with van der Waals surface area (Å²) in [6.07, 6.45) is 2.44. The Kier molecular flexibility index (Phi) is 5.34. The third-order valence-corrected chi connectivity index (χ3v) is 5.69. The van der Waals surface area contributed by atoms with Gasteiger partial charge >= 0.3 is 0 Å². The number of aliphatic hydroxyl groups excluding tert-OH is 1. The van der Waals surface area contributed by atoms with Crippen LogP contribution >= 0.6 is 0 Å². The maximum Gasteiger partial charge on any atom is 0.253 e. The van der Waals surface area contributed by atoms with Crippen molar-refractivity contribution in [1.82, 2.24) is 9.80 Å². The van der Waals surface area contributed by atoms with Gasteiger partial charge < -0.3 is 20.2 Å². The molecule has 0 aromatic heterocycles. The number of piperidine rings is 2. The molecule has 3 rings (SSSR count). The smallest absolute Gasteiger partial charge is 0.253 e. The van der Waals surface area contributed by atoms with Gasteiger partial charge in [-0.3, -0.25) is 9.59 Å². The van der Waals surface area contributed by atoms with Gasteiger partial charge in [0.2, 0.25) is 5.91 Å². The van der Waals surface area contributed by atoms with Crippen molar-refractivity contribution in [3.05, 3.63) is 29.3 Å². The Morgan fingerprint density at radius 1 is 1.27 bits per heavy atom. The molecule has 2 aliphatic heterocycles. The number of amides is 2. The molecular weight excluding hydrogens is 330 g/mol. The fraction of sp³-hybridized carbons (Fsp3) is 0.600. The zero-order valence-electron chi connectivity index (χ0n) is 15.9. The Morgan fingerprint density at radius 3 is 2.54 bits per heavy atom. The summed E-state index contributed by atoms with van der Waals surface area (Å²) in [7, 11) is 2.06. The summed E-state index contributed by atoms with van der Waals surface area (Å²) in [5, 5.41) is 12.9. The third-order valence-electron chi connectivity index (χ3n) is 5.69. The predicted octanol–water partition coefficient (Wildman–Crippen LogP) is 1.87. The van der Waals surface area contributed by atoms with E-state index >= 15 is 0 Å². The van der Waals surface area contributed by atoms with E-state index in [4.69, 9.17) is 0 Å². The second kappa shape index (κ2) is 7.37. The predicted molar refractivity (Wildman–Crippen MR) is 101 cm³/mol. The van der Waals surface area contributed by atoms with Crippen LogP contribution in [0.15, 0.2) is 18.2 Å². The summed E-state index contributed by atoms with van der Waals surface area (Å²) in [6.45, 7) is 6.56. The van der Waals surface area contributed by atoms with E-state index in [0.717, 1.165) is 56.7 Å². The van der Waals surface area contributed by atoms with E-state index in [1.54, 1.807) is 12.1 Å². The second-order valence-corrected chi connectivity index (χ2v) is 8.06. The number of likely N-dealkylation sites (tertiary alicyclic amines) is 2. The summed E-state index contributed by atoms with van der Waals surface area (Å²) in [5.41, 5.74) is 2.42. The number of carbonyl (C=O) groups is 2. The maximum absolute atomic E-state index is 12.9. The number of hydrogen-bond donors (Lipinski definition) is 2. The molecule has 0 saturated carbocycles. The van der Waals surface area contributed by atoms with Gasteiger partial charge in [-0.25, -0.2) is 0 Å². The van der Waals surface area contributed by atoms with Gasteiger partial charge in [0.15, 0.2) is 0 Å². The summed E-state index contributed by atoms with van der Waals surface area (Å²) in [5.74, 6) is -0.0739. The van der Waals surface area contributed by atoms with Crippen molar-refractivity contribution < 1.29 is 14.7 Å². The lowest BCUT2D eigenvalue weighted by atomic mass is 9.71. The highest BCUT2D eigenvalue weighted by Crippen LogP contribution is 2.39. The van der Waals surface area contributed by atoms with Crippen LogP contribution in [0.3, 0.4) is 0 Å². The van der Waals surface area contributed by atoms with Crippen molar-refractivity contribution in [2.24, 2.45) is 5.41 Å². The molecule has 1 spiro atoms. The zero-order valence-corrected chi connectivity index (χ0v) is 15.9. The first-order chi connectivity index (χ1) is 12.3. The number of nitrogens with zero attached hydrogens (tertiary/aromatic N) is 2. The van der Waals surface area contributed by atoms with E-state index in [1.807, 2.05) is 17.9 Å². The molecule has 2 heterocycles. The summed E-state index contributed by atoms with van der Waals surface area (Å²) in [6, 6.07) is 5.42. The maximum atomic E-state index is 12.9. The van der Waals surface area contributed by atoms with Gasteiger partial charge in [-0.2, -0.15) is 0 Å². The van der Waals surface area contributed by atoms with Gasteiger partial charge in [-0.05, 0) is 62.4 Å². The van der Waals surface area contributed by atoms with E-state index < -0.39 is 0 Å². The number of hydrogen-bond acceptors (Lipinski definition) is 4. The second-order valence-electron chi connectivity index (χ2n) is 8.06. The Hall–Kier alpha value is -1.92. The Balaban J connectivity index is 1.65. The zero-order chi connectivity index (χ0) is 18.9. The number of β-amino-alcohol motifs (C(OH)–C–C–N with tert-alkyl or cyclic N) is 1. The molecule has 2 fully saturated rings. The van der Waals surface area contributed by atoms with Crippen LogP contribution in [0.25, 0.3) is 0 Å². The van der Waals surface area contributed by atoms with Crippen molar-refractivity contribution in [2.75, 3.05) is 38.5 Å². The van der Waals surface area contributed by atoms with Gasteiger partial charge in [0.25, 0.3) is 5.91 Å². The number of rotatable bonds is 2. The normalized spacial score (nSPS) is 23.1.